The van der Waals surface area contributed by atoms with E-state index in [1.165, 1.54) is 6.07 Å². The van der Waals surface area contributed by atoms with Crippen molar-refractivity contribution >= 4 is 34.2 Å². The Labute approximate surface area is 155 Å². The van der Waals surface area contributed by atoms with Crippen LogP contribution in [0.2, 0.25) is 0 Å². The molecule has 6 nitrogen and oxygen atoms in total. The van der Waals surface area contributed by atoms with E-state index in [0.29, 0.717) is 5.69 Å². The molecule has 0 aromatic heterocycles. The highest BCUT2D eigenvalue weighted by Crippen LogP contribution is 2.20. The monoisotopic (exact) mass is 362 g/mol. The van der Waals surface area contributed by atoms with Gasteiger partial charge in [-0.25, -0.2) is 4.79 Å². The zero-order valence-electron chi connectivity index (χ0n) is 14.5. The van der Waals surface area contributed by atoms with Crippen molar-refractivity contribution in [3.63, 3.8) is 0 Å². The molecule has 0 aliphatic heterocycles. The van der Waals surface area contributed by atoms with E-state index in [1.54, 1.807) is 18.2 Å². The molecule has 0 atom stereocenters. The van der Waals surface area contributed by atoms with Crippen molar-refractivity contribution in [2.24, 2.45) is 5.73 Å². The van der Waals surface area contributed by atoms with Gasteiger partial charge in [-0.15, -0.1) is 0 Å². The van der Waals surface area contributed by atoms with Gasteiger partial charge in [0.2, 0.25) is 5.91 Å². The highest BCUT2D eigenvalue weighted by molar-refractivity contribution is 6.03. The van der Waals surface area contributed by atoms with Crippen molar-refractivity contribution in [2.45, 2.75) is 6.42 Å². The number of nitrogens with two attached hydrogens (primary N) is 1. The van der Waals surface area contributed by atoms with Crippen molar-refractivity contribution in [3.05, 3.63) is 77.9 Å². The summed E-state index contributed by atoms with van der Waals surface area (Å²) < 4.78 is 4.82. The molecule has 3 rings (SSSR count). The first-order chi connectivity index (χ1) is 13.0. The van der Waals surface area contributed by atoms with Crippen LogP contribution < -0.4 is 11.1 Å². The number of fused-ring (bicyclic) bond motifs is 1. The lowest BCUT2D eigenvalue weighted by Gasteiger charge is -2.11. The molecule has 3 N–H and O–H groups in total. The smallest absolute Gasteiger partial charge is 0.340 e. The molecule has 0 radical (unpaired) electrons. The van der Waals surface area contributed by atoms with E-state index in [-0.39, 0.29) is 17.9 Å². The molecular weight excluding hydrogens is 344 g/mol. The summed E-state index contributed by atoms with van der Waals surface area (Å²) >= 11 is 0. The second-order valence-electron chi connectivity index (χ2n) is 5.95. The highest BCUT2D eigenvalue weighted by atomic mass is 16.5. The van der Waals surface area contributed by atoms with Crippen LogP contribution in [-0.2, 0) is 20.7 Å². The van der Waals surface area contributed by atoms with Crippen LogP contribution in [0, 0.1) is 0 Å². The quantitative estimate of drug-likeness (QED) is 0.659. The van der Waals surface area contributed by atoms with Crippen LogP contribution in [0.15, 0.2) is 66.7 Å². The fourth-order valence-electron chi connectivity index (χ4n) is 2.80. The number of para-hydroxylation sites is 1. The Bertz CT molecular complexity index is 1010. The fourth-order valence-corrected chi connectivity index (χ4v) is 2.80. The number of benzene rings is 3. The molecule has 0 heterocycles. The van der Waals surface area contributed by atoms with E-state index < -0.39 is 18.5 Å². The Morgan fingerprint density at radius 1 is 0.889 bits per heavy atom. The van der Waals surface area contributed by atoms with Gasteiger partial charge in [0.25, 0.3) is 5.91 Å². The molecule has 3 aromatic carbocycles. The van der Waals surface area contributed by atoms with Crippen molar-refractivity contribution in [3.8, 4) is 0 Å². The average Bonchev–Trinajstić information content (AvgIpc) is 2.67. The first kappa shape index (κ1) is 18.1. The number of esters is 1. The van der Waals surface area contributed by atoms with Gasteiger partial charge >= 0.3 is 5.97 Å². The number of amides is 2. The van der Waals surface area contributed by atoms with Crippen LogP contribution in [0.4, 0.5) is 5.69 Å². The van der Waals surface area contributed by atoms with Gasteiger partial charge in [0, 0.05) is 0 Å². The first-order valence-corrected chi connectivity index (χ1v) is 8.35. The number of ether oxygens (including phenoxy) is 1. The SMILES string of the molecule is NC(=O)COC(=O)c1ccccc1NC(=O)Cc1cccc2ccccc12. The van der Waals surface area contributed by atoms with E-state index in [0.717, 1.165) is 16.3 Å². The van der Waals surface area contributed by atoms with Gasteiger partial charge in [0.1, 0.15) is 0 Å². The van der Waals surface area contributed by atoms with Crippen LogP contribution in [0.25, 0.3) is 10.8 Å². The lowest BCUT2D eigenvalue weighted by molar-refractivity contribution is -0.121. The molecule has 2 amide bonds. The Kier molecular flexibility index (Phi) is 5.47. The van der Waals surface area contributed by atoms with Crippen molar-refractivity contribution in [1.82, 2.24) is 0 Å². The third-order valence-corrected chi connectivity index (χ3v) is 4.00. The van der Waals surface area contributed by atoms with Gasteiger partial charge in [-0.1, -0.05) is 54.6 Å². The first-order valence-electron chi connectivity index (χ1n) is 8.35. The molecular formula is C21H18N2O4. The van der Waals surface area contributed by atoms with E-state index >= 15 is 0 Å². The molecule has 0 bridgehead atoms. The summed E-state index contributed by atoms with van der Waals surface area (Å²) in [5.41, 5.74) is 6.35. The van der Waals surface area contributed by atoms with E-state index in [2.05, 4.69) is 5.32 Å². The summed E-state index contributed by atoms with van der Waals surface area (Å²) in [5.74, 6) is -1.74. The van der Waals surface area contributed by atoms with Crippen LogP contribution in [-0.4, -0.2) is 24.4 Å². The maximum absolute atomic E-state index is 12.5. The van der Waals surface area contributed by atoms with Gasteiger partial charge in [0.15, 0.2) is 6.61 Å². The molecule has 136 valence electrons. The van der Waals surface area contributed by atoms with Crippen molar-refractivity contribution in [2.75, 3.05) is 11.9 Å². The fraction of sp³-hybridized carbons (Fsp3) is 0.0952. The minimum atomic E-state index is -0.749. The normalized spacial score (nSPS) is 10.4. The Balaban J connectivity index is 1.76. The standard InChI is InChI=1S/C21H18N2O4/c22-19(24)13-27-21(26)17-10-3-4-11-18(17)23-20(25)12-15-8-5-7-14-6-1-2-9-16(14)15/h1-11H,12-13H2,(H2,22,24)(H,23,25). The summed E-state index contributed by atoms with van der Waals surface area (Å²) in [5, 5.41) is 4.79. The third kappa shape index (κ3) is 4.49. The summed E-state index contributed by atoms with van der Waals surface area (Å²) in [4.78, 5) is 35.4. The molecule has 0 aliphatic rings. The van der Waals surface area contributed by atoms with E-state index in [4.69, 9.17) is 10.5 Å². The summed E-state index contributed by atoms with van der Waals surface area (Å²) in [6.45, 7) is -0.517. The lowest BCUT2D eigenvalue weighted by atomic mass is 10.0. The topological polar surface area (TPSA) is 98.5 Å². The van der Waals surface area contributed by atoms with E-state index in [9.17, 15) is 14.4 Å². The molecule has 0 saturated heterocycles. The maximum Gasteiger partial charge on any atom is 0.340 e. The van der Waals surface area contributed by atoms with E-state index in [1.807, 2.05) is 42.5 Å². The van der Waals surface area contributed by atoms with Crippen LogP contribution in [0.3, 0.4) is 0 Å². The minimum Gasteiger partial charge on any atom is -0.452 e. The van der Waals surface area contributed by atoms with Crippen molar-refractivity contribution in [1.29, 1.82) is 0 Å². The van der Waals surface area contributed by atoms with Gasteiger partial charge in [0.05, 0.1) is 17.7 Å². The number of rotatable bonds is 6. The second-order valence-corrected chi connectivity index (χ2v) is 5.95. The Morgan fingerprint density at radius 3 is 2.41 bits per heavy atom. The van der Waals surface area contributed by atoms with Crippen LogP contribution in [0.5, 0.6) is 0 Å². The van der Waals surface area contributed by atoms with Crippen LogP contribution in [0.1, 0.15) is 15.9 Å². The maximum atomic E-state index is 12.5. The highest BCUT2D eigenvalue weighted by Gasteiger charge is 2.15. The second kappa shape index (κ2) is 8.14. The van der Waals surface area contributed by atoms with Crippen LogP contribution >= 0.6 is 0 Å². The third-order valence-electron chi connectivity index (χ3n) is 4.00. The predicted octanol–water partition coefficient (Wildman–Crippen LogP) is 2.66. The number of carbonyl (C=O) groups is 3. The predicted molar refractivity (Wildman–Crippen MR) is 102 cm³/mol. The van der Waals surface area contributed by atoms with Gasteiger partial charge in [-0.3, -0.25) is 9.59 Å². The number of hydrogen-bond donors (Lipinski definition) is 2. The lowest BCUT2D eigenvalue weighted by Crippen LogP contribution is -2.22. The largest absolute Gasteiger partial charge is 0.452 e. The molecule has 0 aliphatic carbocycles. The van der Waals surface area contributed by atoms with Crippen molar-refractivity contribution < 1.29 is 19.1 Å². The molecule has 6 heteroatoms. The number of nitrogens with one attached hydrogen (secondary N) is 1. The number of carbonyl (C=O) groups excluding carboxylic acids is 3. The molecule has 3 aromatic rings. The zero-order valence-corrected chi connectivity index (χ0v) is 14.5. The number of anilines is 1. The molecule has 0 spiro atoms. The molecule has 27 heavy (non-hydrogen) atoms. The Hall–Kier alpha value is -3.67. The summed E-state index contributed by atoms with van der Waals surface area (Å²) in [6.07, 6.45) is 0.159. The molecule has 0 saturated carbocycles. The zero-order chi connectivity index (χ0) is 19.2. The molecule has 0 unspecified atom stereocenters. The van der Waals surface area contributed by atoms with Gasteiger partial charge in [-0.2, -0.15) is 0 Å². The summed E-state index contributed by atoms with van der Waals surface area (Å²) in [6, 6.07) is 20.1. The average molecular weight is 362 g/mol. The minimum absolute atomic E-state index is 0.157. The summed E-state index contributed by atoms with van der Waals surface area (Å²) in [7, 11) is 0. The van der Waals surface area contributed by atoms with Gasteiger partial charge < -0.3 is 15.8 Å². The number of hydrogen-bond acceptors (Lipinski definition) is 4. The molecule has 0 fully saturated rings. The van der Waals surface area contributed by atoms with Gasteiger partial charge in [-0.05, 0) is 28.5 Å². The Morgan fingerprint density at radius 2 is 1.59 bits per heavy atom. The number of primary amides is 1.